The number of hydrogen-bond donors (Lipinski definition) is 2. The fraction of sp³-hybridized carbons (Fsp3) is 0.417. The van der Waals surface area contributed by atoms with E-state index in [1.165, 1.54) is 0 Å². The first-order valence-corrected chi connectivity index (χ1v) is 9.40. The zero-order valence-electron chi connectivity index (χ0n) is 11.6. The Hall–Kier alpha value is 0.230. The van der Waals surface area contributed by atoms with Crippen molar-refractivity contribution in [2.75, 3.05) is 20.6 Å². The van der Waals surface area contributed by atoms with Gasteiger partial charge >= 0.3 is 0 Å². The maximum Gasteiger partial charge on any atom is 0.0982 e. The molecule has 21 heavy (non-hydrogen) atoms. The van der Waals surface area contributed by atoms with Gasteiger partial charge in [0.25, 0.3) is 0 Å². The molecule has 0 aromatic carbocycles. The number of hydrazine groups is 1. The van der Waals surface area contributed by atoms with Gasteiger partial charge in [0.2, 0.25) is 0 Å². The Bertz CT molecular complexity index is 591. The Kier molecular flexibility index (Phi) is 6.42. The lowest BCUT2D eigenvalue weighted by Crippen LogP contribution is -2.31. The van der Waals surface area contributed by atoms with Gasteiger partial charge in [0.1, 0.15) is 0 Å². The molecule has 0 aliphatic rings. The van der Waals surface area contributed by atoms with Gasteiger partial charge in [-0.15, -0.1) is 11.3 Å². The highest BCUT2D eigenvalue weighted by atomic mass is 79.9. The van der Waals surface area contributed by atoms with Crippen LogP contribution in [0.25, 0.3) is 0 Å². The molecule has 0 bridgehead atoms. The van der Waals surface area contributed by atoms with Crippen LogP contribution in [0.5, 0.6) is 0 Å². The van der Waals surface area contributed by atoms with Crippen molar-refractivity contribution in [3.63, 3.8) is 0 Å². The Morgan fingerprint density at radius 3 is 2.62 bits per heavy atom. The number of likely N-dealkylation sites (N-methyl/N-ethyl adjacent to an activating group) is 1. The molecule has 0 fully saturated rings. The van der Waals surface area contributed by atoms with Crippen molar-refractivity contribution in [1.29, 1.82) is 0 Å². The number of thiophene rings is 1. The summed E-state index contributed by atoms with van der Waals surface area (Å²) in [5.41, 5.74) is 3.92. The van der Waals surface area contributed by atoms with E-state index in [-0.39, 0.29) is 6.04 Å². The molecule has 1 atom stereocenters. The van der Waals surface area contributed by atoms with Crippen molar-refractivity contribution in [2.45, 2.75) is 12.6 Å². The molecule has 116 valence electrons. The second kappa shape index (κ2) is 7.67. The Morgan fingerprint density at radius 1 is 1.38 bits per heavy atom. The summed E-state index contributed by atoms with van der Waals surface area (Å²) >= 11 is 12.3. The van der Waals surface area contributed by atoms with Crippen molar-refractivity contribution in [2.24, 2.45) is 5.84 Å². The first kappa shape index (κ1) is 17.6. The maximum absolute atomic E-state index is 5.80. The van der Waals surface area contributed by atoms with Crippen LogP contribution in [0.3, 0.4) is 0 Å². The standard InChI is InChI=1S/C12H16Br3N5S/c1-19(2)3-4-20-11(8(14)6-17-20)10(18-16)9-5-7(13)12(15)21-9/h5-6,10,18H,3-4,16H2,1-2H3. The van der Waals surface area contributed by atoms with Gasteiger partial charge in [0, 0.05) is 15.9 Å². The van der Waals surface area contributed by atoms with Crippen LogP contribution in [0, 0.1) is 0 Å². The summed E-state index contributed by atoms with van der Waals surface area (Å²) in [6, 6.07) is 1.95. The highest BCUT2D eigenvalue weighted by Crippen LogP contribution is 2.38. The third-order valence-corrected chi connectivity index (χ3v) is 6.91. The van der Waals surface area contributed by atoms with Gasteiger partial charge in [-0.05, 0) is 68.0 Å². The zero-order valence-corrected chi connectivity index (χ0v) is 17.2. The van der Waals surface area contributed by atoms with Gasteiger partial charge in [-0.2, -0.15) is 5.10 Å². The predicted octanol–water partition coefficient (Wildman–Crippen LogP) is 3.35. The molecule has 3 N–H and O–H groups in total. The summed E-state index contributed by atoms with van der Waals surface area (Å²) in [6.45, 7) is 1.72. The van der Waals surface area contributed by atoms with E-state index in [4.69, 9.17) is 5.84 Å². The summed E-state index contributed by atoms with van der Waals surface area (Å²) < 4.78 is 5.01. The Morgan fingerprint density at radius 2 is 2.10 bits per heavy atom. The molecule has 2 rings (SSSR count). The van der Waals surface area contributed by atoms with Crippen molar-refractivity contribution < 1.29 is 0 Å². The molecule has 2 aromatic rings. The van der Waals surface area contributed by atoms with E-state index in [0.717, 1.165) is 36.4 Å². The minimum absolute atomic E-state index is 0.114. The van der Waals surface area contributed by atoms with Gasteiger partial charge in [0.15, 0.2) is 0 Å². The van der Waals surface area contributed by atoms with Crippen molar-refractivity contribution in [3.05, 3.63) is 35.6 Å². The number of nitrogens with two attached hydrogens (primary N) is 1. The third-order valence-electron chi connectivity index (χ3n) is 2.98. The summed E-state index contributed by atoms with van der Waals surface area (Å²) in [5, 5.41) is 4.44. The lowest BCUT2D eigenvalue weighted by atomic mass is 10.2. The Balaban J connectivity index is 2.35. The zero-order chi connectivity index (χ0) is 15.6. The highest BCUT2D eigenvalue weighted by Gasteiger charge is 2.23. The van der Waals surface area contributed by atoms with Crippen LogP contribution in [0.1, 0.15) is 16.6 Å². The SMILES string of the molecule is CN(C)CCn1ncc(Br)c1C(NN)c1cc(Br)c(Br)s1. The number of nitrogens with one attached hydrogen (secondary N) is 1. The van der Waals surface area contributed by atoms with E-state index in [2.05, 4.69) is 69.3 Å². The van der Waals surface area contributed by atoms with Crippen molar-refractivity contribution in [3.8, 4) is 0 Å². The molecule has 9 heteroatoms. The predicted molar refractivity (Wildman–Crippen MR) is 97.4 cm³/mol. The molecule has 0 radical (unpaired) electrons. The van der Waals surface area contributed by atoms with Crippen molar-refractivity contribution in [1.82, 2.24) is 20.1 Å². The summed E-state index contributed by atoms with van der Waals surface area (Å²) in [4.78, 5) is 3.24. The van der Waals surface area contributed by atoms with Crippen LogP contribution in [0.2, 0.25) is 0 Å². The van der Waals surface area contributed by atoms with Gasteiger partial charge in [0.05, 0.1) is 32.7 Å². The molecular weight excluding hydrogens is 486 g/mol. The monoisotopic (exact) mass is 499 g/mol. The molecule has 5 nitrogen and oxygen atoms in total. The molecule has 0 saturated heterocycles. The van der Waals surface area contributed by atoms with Crippen LogP contribution in [0.15, 0.2) is 25.0 Å². The minimum Gasteiger partial charge on any atom is -0.308 e. The highest BCUT2D eigenvalue weighted by molar-refractivity contribution is 9.13. The normalized spacial score (nSPS) is 13.1. The smallest absolute Gasteiger partial charge is 0.0982 e. The van der Waals surface area contributed by atoms with Gasteiger partial charge in [-0.25, -0.2) is 5.43 Å². The van der Waals surface area contributed by atoms with E-state index in [0.29, 0.717) is 0 Å². The largest absolute Gasteiger partial charge is 0.308 e. The van der Waals surface area contributed by atoms with E-state index >= 15 is 0 Å². The van der Waals surface area contributed by atoms with E-state index < -0.39 is 0 Å². The van der Waals surface area contributed by atoms with E-state index in [9.17, 15) is 0 Å². The molecule has 0 spiro atoms. The lowest BCUT2D eigenvalue weighted by Gasteiger charge is -2.18. The molecule has 0 amide bonds. The molecular formula is C12H16Br3N5S. The molecule has 0 saturated carbocycles. The molecule has 2 aromatic heterocycles. The molecule has 1 unspecified atom stereocenters. The summed E-state index contributed by atoms with van der Waals surface area (Å²) in [5.74, 6) is 5.80. The molecule has 0 aliphatic carbocycles. The summed E-state index contributed by atoms with van der Waals surface area (Å²) in [7, 11) is 4.09. The number of nitrogens with zero attached hydrogens (tertiary/aromatic N) is 3. The fourth-order valence-corrected chi connectivity index (χ4v) is 4.61. The molecule has 0 aliphatic heterocycles. The second-order valence-electron chi connectivity index (χ2n) is 4.77. The van der Waals surface area contributed by atoms with Crippen LogP contribution >= 0.6 is 59.1 Å². The first-order valence-electron chi connectivity index (χ1n) is 6.20. The number of aromatic nitrogens is 2. The van der Waals surface area contributed by atoms with Gasteiger partial charge in [-0.3, -0.25) is 10.5 Å². The average molecular weight is 502 g/mol. The van der Waals surface area contributed by atoms with Crippen LogP contribution in [-0.2, 0) is 6.54 Å². The van der Waals surface area contributed by atoms with Crippen molar-refractivity contribution >= 4 is 59.1 Å². The van der Waals surface area contributed by atoms with E-state index in [1.54, 1.807) is 11.3 Å². The number of halogens is 3. The summed E-state index contributed by atoms with van der Waals surface area (Å²) in [6.07, 6.45) is 1.81. The number of rotatable bonds is 6. The van der Waals surface area contributed by atoms with E-state index in [1.807, 2.05) is 25.0 Å². The average Bonchev–Trinajstić information content (AvgIpc) is 2.94. The fourth-order valence-electron chi connectivity index (χ4n) is 1.93. The maximum atomic E-state index is 5.80. The second-order valence-corrected chi connectivity index (χ2v) is 8.88. The quantitative estimate of drug-likeness (QED) is 0.471. The van der Waals surface area contributed by atoms with Crippen LogP contribution in [-0.4, -0.2) is 35.3 Å². The molecule has 2 heterocycles. The third kappa shape index (κ3) is 4.15. The minimum atomic E-state index is -0.114. The van der Waals surface area contributed by atoms with Gasteiger partial charge < -0.3 is 4.90 Å². The first-order chi connectivity index (χ1) is 9.93. The van der Waals surface area contributed by atoms with Crippen LogP contribution in [0.4, 0.5) is 0 Å². The number of hydrogen-bond acceptors (Lipinski definition) is 5. The lowest BCUT2D eigenvalue weighted by molar-refractivity contribution is 0.365. The Labute approximate surface area is 153 Å². The topological polar surface area (TPSA) is 59.1 Å². The van der Waals surface area contributed by atoms with Gasteiger partial charge in [-0.1, -0.05) is 0 Å². The van der Waals surface area contributed by atoms with Crippen LogP contribution < -0.4 is 11.3 Å².